The maximum atomic E-state index is 14.0. The highest BCUT2D eigenvalue weighted by atomic mass is 16.7. The number of aromatic amines is 1. The van der Waals surface area contributed by atoms with Crippen LogP contribution in [0.2, 0.25) is 0 Å². The standard InChI is InChI=1S/C32H50N4O9/c1-10-12-16-41-19-32(22-14-15-33-34-22)24(42-17-13-11-2)23(44-28(39)31(7,8)9)26(45-32)35-18-21(3)25(37)36(29(35)40)20-43-27(38)30(4,5)6/h14-15,18,23-24,26H,10-13,16-17,19-20H2,1-9H3,(H,33,34)/t23-,24?,26+,32-/m0/s1. The fourth-order valence-electron chi connectivity index (χ4n) is 4.75. The molecule has 252 valence electrons. The van der Waals surface area contributed by atoms with Crippen LogP contribution in [0.1, 0.15) is 98.6 Å². The van der Waals surface area contributed by atoms with Crippen molar-refractivity contribution in [3.63, 3.8) is 0 Å². The van der Waals surface area contributed by atoms with Crippen LogP contribution in [0.15, 0.2) is 28.0 Å². The van der Waals surface area contributed by atoms with E-state index in [4.69, 9.17) is 23.7 Å². The van der Waals surface area contributed by atoms with Gasteiger partial charge in [0.05, 0.1) is 23.1 Å². The number of ether oxygens (including phenoxy) is 5. The van der Waals surface area contributed by atoms with Crippen molar-refractivity contribution in [3.05, 3.63) is 50.6 Å². The molecule has 2 aromatic rings. The van der Waals surface area contributed by atoms with E-state index in [0.717, 1.165) is 30.3 Å². The largest absolute Gasteiger partial charge is 0.454 e. The van der Waals surface area contributed by atoms with Gasteiger partial charge in [0.15, 0.2) is 24.7 Å². The topological polar surface area (TPSA) is 153 Å². The molecule has 0 amide bonds. The predicted octanol–water partition coefficient (Wildman–Crippen LogP) is 3.97. The van der Waals surface area contributed by atoms with Crippen LogP contribution >= 0.6 is 0 Å². The maximum absolute atomic E-state index is 14.0. The summed E-state index contributed by atoms with van der Waals surface area (Å²) in [4.78, 5) is 53.1. The molecule has 45 heavy (non-hydrogen) atoms. The van der Waals surface area contributed by atoms with Crippen molar-refractivity contribution >= 4 is 11.9 Å². The fourth-order valence-corrected chi connectivity index (χ4v) is 4.75. The van der Waals surface area contributed by atoms with Crippen LogP contribution in [0, 0.1) is 17.8 Å². The number of nitrogens with one attached hydrogen (secondary N) is 1. The fraction of sp³-hybridized carbons (Fsp3) is 0.719. The molecule has 0 aromatic carbocycles. The lowest BCUT2D eigenvalue weighted by Crippen LogP contribution is -2.49. The number of hydrogen-bond acceptors (Lipinski definition) is 10. The van der Waals surface area contributed by atoms with E-state index >= 15 is 0 Å². The summed E-state index contributed by atoms with van der Waals surface area (Å²) in [6.45, 7) is 16.0. The van der Waals surface area contributed by atoms with Gasteiger partial charge in [-0.05, 0) is 67.4 Å². The van der Waals surface area contributed by atoms with Crippen LogP contribution in [-0.2, 0) is 45.6 Å². The Kier molecular flexibility index (Phi) is 12.0. The summed E-state index contributed by atoms with van der Waals surface area (Å²) in [6.07, 6.45) is 2.89. The first-order valence-electron chi connectivity index (χ1n) is 15.7. The number of hydrogen-bond donors (Lipinski definition) is 1. The molecular formula is C32H50N4O9. The smallest absolute Gasteiger partial charge is 0.336 e. The van der Waals surface area contributed by atoms with Crippen molar-refractivity contribution in [3.8, 4) is 0 Å². The number of esters is 2. The number of aromatic nitrogens is 4. The van der Waals surface area contributed by atoms with Crippen LogP contribution in [0.4, 0.5) is 0 Å². The lowest BCUT2D eigenvalue weighted by Gasteiger charge is -2.34. The van der Waals surface area contributed by atoms with E-state index in [2.05, 4.69) is 17.1 Å². The van der Waals surface area contributed by atoms with Crippen LogP contribution < -0.4 is 11.2 Å². The zero-order valence-electron chi connectivity index (χ0n) is 28.1. The molecule has 0 aliphatic carbocycles. The average molecular weight is 635 g/mol. The van der Waals surface area contributed by atoms with Crippen molar-refractivity contribution in [2.24, 2.45) is 10.8 Å². The minimum atomic E-state index is -1.38. The normalized spacial score (nSPS) is 22.0. The quantitative estimate of drug-likeness (QED) is 0.239. The van der Waals surface area contributed by atoms with Crippen LogP contribution in [0.5, 0.6) is 0 Å². The molecule has 1 aliphatic rings. The Morgan fingerprint density at radius 1 is 1.02 bits per heavy atom. The molecule has 0 spiro atoms. The third-order valence-corrected chi connectivity index (χ3v) is 7.51. The van der Waals surface area contributed by atoms with E-state index in [9.17, 15) is 19.2 Å². The predicted molar refractivity (Wildman–Crippen MR) is 165 cm³/mol. The van der Waals surface area contributed by atoms with Gasteiger partial charge in [-0.15, -0.1) is 0 Å². The van der Waals surface area contributed by atoms with Crippen LogP contribution in [0.3, 0.4) is 0 Å². The van der Waals surface area contributed by atoms with E-state index in [1.165, 1.54) is 17.7 Å². The minimum absolute atomic E-state index is 0.00260. The summed E-state index contributed by atoms with van der Waals surface area (Å²) in [5, 5.41) is 7.12. The highest BCUT2D eigenvalue weighted by molar-refractivity contribution is 5.76. The summed E-state index contributed by atoms with van der Waals surface area (Å²) in [6, 6.07) is 1.73. The number of H-pyrrole nitrogens is 1. The number of unbranched alkanes of at least 4 members (excludes halogenated alkanes) is 2. The zero-order chi connectivity index (χ0) is 33.6. The van der Waals surface area contributed by atoms with E-state index in [0.29, 0.717) is 18.9 Å². The maximum Gasteiger partial charge on any atom is 0.336 e. The Hall–Kier alpha value is -3.29. The Bertz CT molecular complexity index is 1400. The van der Waals surface area contributed by atoms with Gasteiger partial charge >= 0.3 is 17.6 Å². The second-order valence-electron chi connectivity index (χ2n) is 13.6. The molecule has 0 bridgehead atoms. The average Bonchev–Trinajstić information content (AvgIpc) is 3.60. The summed E-state index contributed by atoms with van der Waals surface area (Å²) in [7, 11) is 0. The second kappa shape index (κ2) is 14.9. The molecule has 2 aromatic heterocycles. The molecule has 0 saturated carbocycles. The van der Waals surface area contributed by atoms with Gasteiger partial charge in [0.2, 0.25) is 0 Å². The third-order valence-electron chi connectivity index (χ3n) is 7.51. The Balaban J connectivity index is 2.22. The first-order valence-corrected chi connectivity index (χ1v) is 15.7. The summed E-state index contributed by atoms with van der Waals surface area (Å²) < 4.78 is 32.9. The lowest BCUT2D eigenvalue weighted by molar-refractivity contribution is -0.170. The first kappa shape index (κ1) is 36.2. The molecule has 1 saturated heterocycles. The molecule has 0 radical (unpaired) electrons. The van der Waals surface area contributed by atoms with Gasteiger partial charge in [0.25, 0.3) is 5.56 Å². The number of carbonyl (C=O) groups is 2. The summed E-state index contributed by atoms with van der Waals surface area (Å²) in [5.74, 6) is -1.11. The van der Waals surface area contributed by atoms with Crippen molar-refractivity contribution < 1.29 is 33.3 Å². The van der Waals surface area contributed by atoms with Gasteiger partial charge in [0.1, 0.15) is 6.10 Å². The molecule has 1 fully saturated rings. The minimum Gasteiger partial charge on any atom is -0.454 e. The molecule has 3 heterocycles. The van der Waals surface area contributed by atoms with Gasteiger partial charge in [0, 0.05) is 31.2 Å². The Morgan fingerprint density at radius 2 is 1.67 bits per heavy atom. The van der Waals surface area contributed by atoms with Crippen molar-refractivity contribution in [2.45, 2.75) is 119 Å². The molecule has 1 N–H and O–H groups in total. The number of aryl methyl sites for hydroxylation is 1. The summed E-state index contributed by atoms with van der Waals surface area (Å²) >= 11 is 0. The Labute approximate surface area is 264 Å². The highest BCUT2D eigenvalue weighted by Gasteiger charge is 2.61. The van der Waals surface area contributed by atoms with Crippen LogP contribution in [0.25, 0.3) is 0 Å². The lowest BCUT2D eigenvalue weighted by atomic mass is 9.91. The van der Waals surface area contributed by atoms with Crippen molar-refractivity contribution in [2.75, 3.05) is 19.8 Å². The van der Waals surface area contributed by atoms with E-state index in [1.54, 1.807) is 53.8 Å². The highest BCUT2D eigenvalue weighted by Crippen LogP contribution is 2.47. The van der Waals surface area contributed by atoms with E-state index in [-0.39, 0.29) is 12.2 Å². The number of rotatable bonds is 14. The third kappa shape index (κ3) is 8.30. The number of nitrogens with zero attached hydrogens (tertiary/aromatic N) is 3. The molecule has 1 unspecified atom stereocenters. The zero-order valence-corrected chi connectivity index (χ0v) is 28.1. The van der Waals surface area contributed by atoms with Gasteiger partial charge in [-0.25, -0.2) is 9.36 Å². The monoisotopic (exact) mass is 634 g/mol. The number of carbonyl (C=O) groups excluding carboxylic acids is 2. The summed E-state index contributed by atoms with van der Waals surface area (Å²) in [5.41, 5.74) is -3.86. The van der Waals surface area contributed by atoms with Crippen LogP contribution in [-0.4, -0.2) is 63.3 Å². The molecule has 1 aliphatic heterocycles. The van der Waals surface area contributed by atoms with Crippen molar-refractivity contribution in [1.82, 2.24) is 19.3 Å². The first-order chi connectivity index (χ1) is 21.1. The van der Waals surface area contributed by atoms with Gasteiger partial charge in [-0.2, -0.15) is 5.10 Å². The molecule has 13 heteroatoms. The van der Waals surface area contributed by atoms with Gasteiger partial charge < -0.3 is 23.7 Å². The molecule has 13 nitrogen and oxygen atoms in total. The van der Waals surface area contributed by atoms with Crippen molar-refractivity contribution in [1.29, 1.82) is 0 Å². The van der Waals surface area contributed by atoms with E-state index in [1.807, 2.05) is 6.92 Å². The molecule has 3 rings (SSSR count). The molecule has 4 atom stereocenters. The Morgan fingerprint density at radius 3 is 2.24 bits per heavy atom. The second-order valence-corrected chi connectivity index (χ2v) is 13.6. The van der Waals surface area contributed by atoms with E-state index < -0.39 is 64.8 Å². The van der Waals surface area contributed by atoms with Gasteiger partial charge in [-0.1, -0.05) is 26.7 Å². The van der Waals surface area contributed by atoms with Gasteiger partial charge in [-0.3, -0.25) is 24.0 Å². The molecular weight excluding hydrogens is 584 g/mol. The SMILES string of the molecule is CCCCOC[C@@]1(c2ccn[nH]2)O[C@@H](n2cc(C)c(=O)n(COC(=O)C(C)(C)C)c2=O)[C@@H](OC(=O)C(C)(C)C)C1OCCCC.